The van der Waals surface area contributed by atoms with Gasteiger partial charge in [0.05, 0.1) is 12.2 Å². The summed E-state index contributed by atoms with van der Waals surface area (Å²) in [5, 5.41) is 0. The molecule has 0 spiro atoms. The highest BCUT2D eigenvalue weighted by atomic mass is 32.2. The molecule has 1 unspecified atom stereocenters. The zero-order valence-electron chi connectivity index (χ0n) is 16.0. The SMILES string of the molecule is CCc1ccc(NS(=O)(=O)CCC(C)c2ccc3c(c2)CC(=O)N3C)cc1. The molecule has 144 valence electrons. The van der Waals surface area contributed by atoms with Crippen molar-refractivity contribution < 1.29 is 13.2 Å². The lowest BCUT2D eigenvalue weighted by molar-refractivity contribution is -0.117. The molecular formula is C21H26N2O3S. The highest BCUT2D eigenvalue weighted by Gasteiger charge is 2.24. The van der Waals surface area contributed by atoms with Crippen molar-refractivity contribution in [1.82, 2.24) is 0 Å². The van der Waals surface area contributed by atoms with Gasteiger partial charge in [-0.1, -0.05) is 38.1 Å². The Morgan fingerprint density at radius 1 is 1.15 bits per heavy atom. The van der Waals surface area contributed by atoms with Gasteiger partial charge in [-0.15, -0.1) is 0 Å². The summed E-state index contributed by atoms with van der Waals surface area (Å²) in [6.45, 7) is 4.08. The molecule has 0 radical (unpaired) electrons. The maximum atomic E-state index is 12.4. The third kappa shape index (κ3) is 4.50. The molecule has 27 heavy (non-hydrogen) atoms. The van der Waals surface area contributed by atoms with Crippen LogP contribution in [0.4, 0.5) is 11.4 Å². The van der Waals surface area contributed by atoms with E-state index in [2.05, 4.69) is 11.6 Å². The van der Waals surface area contributed by atoms with Gasteiger partial charge in [0, 0.05) is 18.4 Å². The number of carbonyl (C=O) groups is 1. The summed E-state index contributed by atoms with van der Waals surface area (Å²) in [5.74, 6) is 0.241. The van der Waals surface area contributed by atoms with Crippen molar-refractivity contribution in [3.63, 3.8) is 0 Å². The van der Waals surface area contributed by atoms with Gasteiger partial charge in [-0.2, -0.15) is 0 Å². The lowest BCUT2D eigenvalue weighted by Crippen LogP contribution is -2.20. The molecule has 0 fully saturated rings. The van der Waals surface area contributed by atoms with Crippen LogP contribution in [-0.2, 0) is 27.7 Å². The zero-order valence-corrected chi connectivity index (χ0v) is 16.8. The van der Waals surface area contributed by atoms with E-state index in [0.717, 1.165) is 23.2 Å². The second-order valence-corrected chi connectivity index (χ2v) is 9.02. The first-order chi connectivity index (χ1) is 12.8. The van der Waals surface area contributed by atoms with Crippen LogP contribution in [-0.4, -0.2) is 27.1 Å². The number of amides is 1. The summed E-state index contributed by atoms with van der Waals surface area (Å²) in [6.07, 6.45) is 1.86. The van der Waals surface area contributed by atoms with Crippen LogP contribution in [0.25, 0.3) is 0 Å². The topological polar surface area (TPSA) is 66.5 Å². The molecule has 0 saturated heterocycles. The second-order valence-electron chi connectivity index (χ2n) is 7.18. The van der Waals surface area contributed by atoms with Crippen molar-refractivity contribution in [1.29, 1.82) is 0 Å². The summed E-state index contributed by atoms with van der Waals surface area (Å²) in [6, 6.07) is 13.4. The number of nitrogens with one attached hydrogen (secondary N) is 1. The molecule has 1 atom stereocenters. The normalized spacial score (nSPS) is 14.9. The van der Waals surface area contributed by atoms with E-state index in [4.69, 9.17) is 0 Å². The number of benzene rings is 2. The molecule has 1 aliphatic rings. The molecule has 1 N–H and O–H groups in total. The van der Waals surface area contributed by atoms with Gasteiger partial charge in [0.2, 0.25) is 15.9 Å². The fourth-order valence-corrected chi connectivity index (χ4v) is 4.60. The number of nitrogens with zero attached hydrogens (tertiary/aromatic N) is 1. The van der Waals surface area contributed by atoms with Crippen LogP contribution < -0.4 is 9.62 Å². The molecule has 2 aromatic rings. The van der Waals surface area contributed by atoms with E-state index in [1.54, 1.807) is 24.1 Å². The number of fused-ring (bicyclic) bond motifs is 1. The van der Waals surface area contributed by atoms with E-state index in [-0.39, 0.29) is 17.6 Å². The Kier molecular flexibility index (Phi) is 5.56. The fraction of sp³-hybridized carbons (Fsp3) is 0.381. The molecule has 0 bridgehead atoms. The molecule has 6 heteroatoms. The standard InChI is InChI=1S/C21H26N2O3S/c1-4-16-5-8-19(9-6-16)22-27(25,26)12-11-15(2)17-7-10-20-18(13-17)14-21(24)23(20)3/h5-10,13,15,22H,4,11-12,14H2,1-3H3. The Balaban J connectivity index is 1.62. The van der Waals surface area contributed by atoms with E-state index in [1.807, 2.05) is 37.3 Å². The summed E-state index contributed by atoms with van der Waals surface area (Å²) < 4.78 is 27.5. The highest BCUT2D eigenvalue weighted by molar-refractivity contribution is 7.92. The van der Waals surface area contributed by atoms with Gasteiger partial charge < -0.3 is 4.90 Å². The number of hydrogen-bond donors (Lipinski definition) is 1. The Labute approximate surface area is 161 Å². The van der Waals surface area contributed by atoms with Crippen molar-refractivity contribution >= 4 is 27.3 Å². The van der Waals surface area contributed by atoms with E-state index in [1.165, 1.54) is 5.56 Å². The van der Waals surface area contributed by atoms with Gasteiger partial charge in [0.25, 0.3) is 0 Å². The van der Waals surface area contributed by atoms with Gasteiger partial charge in [0.15, 0.2) is 0 Å². The van der Waals surface area contributed by atoms with Gasteiger partial charge in [-0.05, 0) is 53.6 Å². The number of carbonyl (C=O) groups excluding carboxylic acids is 1. The summed E-state index contributed by atoms with van der Waals surface area (Å²) in [4.78, 5) is 13.5. The first-order valence-corrected chi connectivity index (χ1v) is 10.9. The van der Waals surface area contributed by atoms with Crippen LogP contribution in [0.2, 0.25) is 0 Å². The zero-order chi connectivity index (χ0) is 19.6. The van der Waals surface area contributed by atoms with Gasteiger partial charge in [-0.25, -0.2) is 8.42 Å². The van der Waals surface area contributed by atoms with E-state index in [0.29, 0.717) is 18.5 Å². The quantitative estimate of drug-likeness (QED) is 0.789. The summed E-state index contributed by atoms with van der Waals surface area (Å²) in [5.41, 5.74) is 4.80. The van der Waals surface area contributed by atoms with Gasteiger partial charge >= 0.3 is 0 Å². The van der Waals surface area contributed by atoms with Crippen molar-refractivity contribution in [2.24, 2.45) is 0 Å². The van der Waals surface area contributed by atoms with Crippen LogP contribution in [0, 0.1) is 0 Å². The Hall–Kier alpha value is -2.34. The molecular weight excluding hydrogens is 360 g/mol. The van der Waals surface area contributed by atoms with Crippen molar-refractivity contribution in [2.75, 3.05) is 22.4 Å². The molecule has 2 aromatic carbocycles. The average Bonchev–Trinajstić information content (AvgIpc) is 2.93. The average molecular weight is 387 g/mol. The number of aryl methyl sites for hydroxylation is 1. The molecule has 0 saturated carbocycles. The van der Waals surface area contributed by atoms with E-state index in [9.17, 15) is 13.2 Å². The van der Waals surface area contributed by atoms with Gasteiger partial charge in [0.1, 0.15) is 0 Å². The maximum Gasteiger partial charge on any atom is 0.232 e. The second kappa shape index (κ2) is 7.72. The van der Waals surface area contributed by atoms with Crippen molar-refractivity contribution in [3.05, 3.63) is 59.2 Å². The minimum Gasteiger partial charge on any atom is -0.315 e. The monoisotopic (exact) mass is 386 g/mol. The molecule has 0 aliphatic carbocycles. The molecule has 1 amide bonds. The smallest absolute Gasteiger partial charge is 0.232 e. The van der Waals surface area contributed by atoms with Crippen molar-refractivity contribution in [3.8, 4) is 0 Å². The summed E-state index contributed by atoms with van der Waals surface area (Å²) >= 11 is 0. The van der Waals surface area contributed by atoms with Crippen LogP contribution in [0.1, 0.15) is 42.9 Å². The van der Waals surface area contributed by atoms with Crippen LogP contribution in [0.15, 0.2) is 42.5 Å². The Bertz CT molecular complexity index is 936. The number of rotatable bonds is 7. The third-order valence-corrected chi connectivity index (χ3v) is 6.52. The van der Waals surface area contributed by atoms with Crippen LogP contribution in [0.5, 0.6) is 0 Å². The number of hydrogen-bond acceptors (Lipinski definition) is 3. The molecule has 5 nitrogen and oxygen atoms in total. The van der Waals surface area contributed by atoms with E-state index >= 15 is 0 Å². The predicted molar refractivity (Wildman–Crippen MR) is 110 cm³/mol. The first-order valence-electron chi connectivity index (χ1n) is 9.28. The molecule has 0 aromatic heterocycles. The lowest BCUT2D eigenvalue weighted by atomic mass is 9.96. The highest BCUT2D eigenvalue weighted by Crippen LogP contribution is 2.31. The first kappa shape index (κ1) is 19.4. The lowest BCUT2D eigenvalue weighted by Gasteiger charge is -2.15. The maximum absolute atomic E-state index is 12.4. The Morgan fingerprint density at radius 2 is 1.85 bits per heavy atom. The van der Waals surface area contributed by atoms with E-state index < -0.39 is 10.0 Å². The number of likely N-dealkylation sites (N-methyl/N-ethyl adjacent to an activating group) is 1. The largest absolute Gasteiger partial charge is 0.315 e. The third-order valence-electron chi connectivity index (χ3n) is 5.20. The summed E-state index contributed by atoms with van der Waals surface area (Å²) in [7, 11) is -1.62. The molecule has 1 heterocycles. The predicted octanol–water partition coefficient (Wildman–Crippen LogP) is 3.70. The molecule has 3 rings (SSSR count). The molecule has 1 aliphatic heterocycles. The number of sulfonamides is 1. The Morgan fingerprint density at radius 3 is 2.52 bits per heavy atom. The minimum atomic E-state index is -3.40. The van der Waals surface area contributed by atoms with Crippen LogP contribution >= 0.6 is 0 Å². The minimum absolute atomic E-state index is 0.0552. The van der Waals surface area contributed by atoms with Crippen LogP contribution in [0.3, 0.4) is 0 Å². The fourth-order valence-electron chi connectivity index (χ4n) is 3.33. The van der Waals surface area contributed by atoms with Crippen molar-refractivity contribution in [2.45, 2.75) is 39.0 Å². The number of anilines is 2. The van der Waals surface area contributed by atoms with Gasteiger partial charge in [-0.3, -0.25) is 9.52 Å².